The fourth-order valence-electron chi connectivity index (χ4n) is 2.95. The summed E-state index contributed by atoms with van der Waals surface area (Å²) in [5.74, 6) is 0.336. The van der Waals surface area contributed by atoms with Gasteiger partial charge in [0.1, 0.15) is 0 Å². The molecule has 1 amide bonds. The Bertz CT molecular complexity index is 533. The van der Waals surface area contributed by atoms with E-state index in [0.717, 1.165) is 5.69 Å². The number of hydrogen-bond donors (Lipinski definition) is 0. The summed E-state index contributed by atoms with van der Waals surface area (Å²) in [5.41, 5.74) is 1.51. The third-order valence-electron chi connectivity index (χ3n) is 3.89. The fourth-order valence-corrected chi connectivity index (χ4v) is 2.95. The molecule has 0 saturated carbocycles. The molecule has 124 valence electrons. The number of rotatable bonds is 2. The first-order chi connectivity index (χ1) is 10.1. The molecule has 1 aliphatic heterocycles. The maximum absolute atomic E-state index is 12.8. The smallest absolute Gasteiger partial charge is 0.274 e. The van der Waals surface area contributed by atoms with Gasteiger partial charge in [0.25, 0.3) is 5.91 Å². The van der Waals surface area contributed by atoms with Gasteiger partial charge < -0.3 is 9.64 Å². The average molecular weight is 307 g/mol. The van der Waals surface area contributed by atoms with Crippen molar-refractivity contribution in [2.75, 3.05) is 13.1 Å². The first-order valence-electron chi connectivity index (χ1n) is 8.14. The molecule has 0 aliphatic carbocycles. The Balaban J connectivity index is 2.30. The Morgan fingerprint density at radius 3 is 2.23 bits per heavy atom. The highest BCUT2D eigenvalue weighted by Gasteiger charge is 2.30. The molecule has 0 N–H and O–H groups in total. The lowest BCUT2D eigenvalue weighted by atomic mass is 10.1. The fraction of sp³-hybridized carbons (Fsp3) is 0.765. The summed E-state index contributed by atoms with van der Waals surface area (Å²) in [5, 5.41) is 4.61. The minimum atomic E-state index is -0.135. The van der Waals surface area contributed by atoms with Crippen LogP contribution in [0.4, 0.5) is 0 Å². The lowest BCUT2D eigenvalue weighted by Gasteiger charge is -2.34. The van der Waals surface area contributed by atoms with Crippen molar-refractivity contribution in [1.82, 2.24) is 14.7 Å². The van der Waals surface area contributed by atoms with Crippen LogP contribution in [0.25, 0.3) is 0 Å². The lowest BCUT2D eigenvalue weighted by Crippen LogP contribution is -2.48. The SMILES string of the molecule is CC1CN(C(=O)c2cc(C(C)C)n(C(C)(C)C)n2)CC(C)O1. The number of ether oxygens (including phenoxy) is 1. The first kappa shape index (κ1) is 17.0. The molecule has 1 aliphatic rings. The van der Waals surface area contributed by atoms with Gasteiger partial charge in [-0.15, -0.1) is 0 Å². The van der Waals surface area contributed by atoms with E-state index in [9.17, 15) is 4.79 Å². The van der Waals surface area contributed by atoms with Crippen LogP contribution in [-0.2, 0) is 10.3 Å². The largest absolute Gasteiger partial charge is 0.372 e. The van der Waals surface area contributed by atoms with Crippen molar-refractivity contribution in [2.24, 2.45) is 0 Å². The van der Waals surface area contributed by atoms with Gasteiger partial charge in [0.2, 0.25) is 0 Å². The van der Waals surface area contributed by atoms with E-state index in [1.54, 1.807) is 0 Å². The molecule has 1 saturated heterocycles. The summed E-state index contributed by atoms with van der Waals surface area (Å²) < 4.78 is 7.69. The van der Waals surface area contributed by atoms with E-state index in [1.165, 1.54) is 0 Å². The molecule has 5 heteroatoms. The van der Waals surface area contributed by atoms with E-state index >= 15 is 0 Å². The molecular formula is C17H29N3O2. The van der Waals surface area contributed by atoms with Crippen LogP contribution in [0.3, 0.4) is 0 Å². The summed E-state index contributed by atoms with van der Waals surface area (Å²) in [7, 11) is 0. The summed E-state index contributed by atoms with van der Waals surface area (Å²) >= 11 is 0. The quantitative estimate of drug-likeness (QED) is 0.844. The van der Waals surface area contributed by atoms with Crippen molar-refractivity contribution >= 4 is 5.91 Å². The van der Waals surface area contributed by atoms with E-state index in [-0.39, 0.29) is 23.7 Å². The monoisotopic (exact) mass is 307 g/mol. The molecule has 1 fully saturated rings. The highest BCUT2D eigenvalue weighted by Crippen LogP contribution is 2.24. The van der Waals surface area contributed by atoms with Crippen LogP contribution in [-0.4, -0.2) is 45.9 Å². The Morgan fingerprint density at radius 1 is 1.27 bits per heavy atom. The van der Waals surface area contributed by atoms with Gasteiger partial charge >= 0.3 is 0 Å². The average Bonchev–Trinajstić information content (AvgIpc) is 2.81. The molecule has 22 heavy (non-hydrogen) atoms. The molecule has 2 heterocycles. The molecule has 1 aromatic rings. The van der Waals surface area contributed by atoms with Crippen molar-refractivity contribution in [1.29, 1.82) is 0 Å². The van der Waals surface area contributed by atoms with Crippen LogP contribution in [0.1, 0.15) is 70.6 Å². The van der Waals surface area contributed by atoms with Crippen molar-refractivity contribution in [3.63, 3.8) is 0 Å². The Kier molecular flexibility index (Phi) is 4.66. The van der Waals surface area contributed by atoms with Crippen molar-refractivity contribution in [3.05, 3.63) is 17.5 Å². The summed E-state index contributed by atoms with van der Waals surface area (Å²) in [6, 6.07) is 1.95. The van der Waals surface area contributed by atoms with Crippen molar-refractivity contribution in [2.45, 2.75) is 72.1 Å². The van der Waals surface area contributed by atoms with Crippen LogP contribution in [0, 0.1) is 0 Å². The van der Waals surface area contributed by atoms with E-state index in [1.807, 2.05) is 29.5 Å². The van der Waals surface area contributed by atoms with Gasteiger partial charge in [0, 0.05) is 18.8 Å². The van der Waals surface area contributed by atoms with Crippen LogP contribution < -0.4 is 0 Å². The zero-order valence-corrected chi connectivity index (χ0v) is 14.9. The summed E-state index contributed by atoms with van der Waals surface area (Å²) in [6.07, 6.45) is 0.143. The van der Waals surface area contributed by atoms with Gasteiger partial charge in [-0.2, -0.15) is 5.10 Å². The van der Waals surface area contributed by atoms with Gasteiger partial charge in [0.05, 0.1) is 17.7 Å². The minimum absolute atomic E-state index is 0.00639. The van der Waals surface area contributed by atoms with E-state index < -0.39 is 0 Å². The van der Waals surface area contributed by atoms with Gasteiger partial charge in [-0.3, -0.25) is 9.48 Å². The number of amides is 1. The third-order valence-corrected chi connectivity index (χ3v) is 3.89. The van der Waals surface area contributed by atoms with Gasteiger partial charge in [-0.05, 0) is 46.6 Å². The minimum Gasteiger partial charge on any atom is -0.372 e. The van der Waals surface area contributed by atoms with Crippen molar-refractivity contribution in [3.8, 4) is 0 Å². The second kappa shape index (κ2) is 6.03. The summed E-state index contributed by atoms with van der Waals surface area (Å²) in [6.45, 7) is 15.9. The molecule has 0 bridgehead atoms. The number of nitrogens with zero attached hydrogens (tertiary/aromatic N) is 3. The lowest BCUT2D eigenvalue weighted by molar-refractivity contribution is -0.0587. The predicted octanol–water partition coefficient (Wildman–Crippen LogP) is 3.01. The molecule has 2 rings (SSSR count). The van der Waals surface area contributed by atoms with Crippen LogP contribution >= 0.6 is 0 Å². The highest BCUT2D eigenvalue weighted by molar-refractivity contribution is 5.92. The third kappa shape index (κ3) is 3.51. The van der Waals surface area contributed by atoms with Gasteiger partial charge in [0.15, 0.2) is 5.69 Å². The maximum atomic E-state index is 12.8. The van der Waals surface area contributed by atoms with E-state index in [2.05, 4.69) is 39.7 Å². The second-order valence-corrected chi connectivity index (χ2v) is 7.66. The number of carbonyl (C=O) groups excluding carboxylic acids is 1. The first-order valence-corrected chi connectivity index (χ1v) is 8.14. The number of morpholine rings is 1. The molecule has 0 spiro atoms. The molecular weight excluding hydrogens is 278 g/mol. The molecule has 5 nitrogen and oxygen atoms in total. The van der Waals surface area contributed by atoms with Gasteiger partial charge in [-0.25, -0.2) is 0 Å². The highest BCUT2D eigenvalue weighted by atomic mass is 16.5. The molecule has 1 aromatic heterocycles. The summed E-state index contributed by atoms with van der Waals surface area (Å²) in [4.78, 5) is 14.7. The molecule has 2 atom stereocenters. The van der Waals surface area contributed by atoms with Gasteiger partial charge in [-0.1, -0.05) is 13.8 Å². The second-order valence-electron chi connectivity index (χ2n) is 7.66. The number of aromatic nitrogens is 2. The Morgan fingerprint density at radius 2 is 1.82 bits per heavy atom. The number of carbonyl (C=O) groups is 1. The van der Waals surface area contributed by atoms with E-state index in [4.69, 9.17) is 4.74 Å². The Labute approximate surface area is 133 Å². The Hall–Kier alpha value is -1.36. The van der Waals surface area contributed by atoms with Crippen LogP contribution in [0.15, 0.2) is 6.07 Å². The molecule has 2 unspecified atom stereocenters. The molecule has 0 radical (unpaired) electrons. The standard InChI is InChI=1S/C17H29N3O2/c1-11(2)15-8-14(18-20(15)17(5,6)7)16(21)19-9-12(3)22-13(4)10-19/h8,11-13H,9-10H2,1-7H3. The topological polar surface area (TPSA) is 47.4 Å². The predicted molar refractivity (Wildman–Crippen MR) is 87.2 cm³/mol. The normalized spacial score (nSPS) is 23.2. The maximum Gasteiger partial charge on any atom is 0.274 e. The van der Waals surface area contributed by atoms with Crippen molar-refractivity contribution < 1.29 is 9.53 Å². The van der Waals surface area contributed by atoms with Crippen LogP contribution in [0.5, 0.6) is 0 Å². The number of hydrogen-bond acceptors (Lipinski definition) is 3. The molecule has 0 aromatic carbocycles. The van der Waals surface area contributed by atoms with E-state index in [0.29, 0.717) is 24.7 Å². The van der Waals surface area contributed by atoms with Crippen LogP contribution in [0.2, 0.25) is 0 Å². The zero-order chi connectivity index (χ0) is 16.7. The zero-order valence-electron chi connectivity index (χ0n) is 14.9.